The summed E-state index contributed by atoms with van der Waals surface area (Å²) in [5.41, 5.74) is 2.25. The molecule has 118 valence electrons. The first-order valence-electron chi connectivity index (χ1n) is 8.02. The van der Waals surface area contributed by atoms with Crippen molar-refractivity contribution in [1.82, 2.24) is 15.6 Å². The number of amides is 2. The van der Waals surface area contributed by atoms with E-state index >= 15 is 0 Å². The lowest BCUT2D eigenvalue weighted by molar-refractivity contribution is 0.233. The minimum absolute atomic E-state index is 0.0511. The highest BCUT2D eigenvalue weighted by molar-refractivity contribution is 6.31. The molecule has 1 aliphatic carbocycles. The third-order valence-electron chi connectivity index (χ3n) is 4.35. The Morgan fingerprint density at radius 2 is 2.09 bits per heavy atom. The van der Waals surface area contributed by atoms with Crippen LogP contribution < -0.4 is 10.6 Å². The molecular formula is C17H22ClN3O. The van der Waals surface area contributed by atoms with Gasteiger partial charge in [0.1, 0.15) is 0 Å². The number of H-pyrrole nitrogens is 1. The van der Waals surface area contributed by atoms with Crippen LogP contribution in [0.25, 0.3) is 10.9 Å². The molecule has 0 unspecified atom stereocenters. The average Bonchev–Trinajstić information content (AvgIpc) is 2.91. The van der Waals surface area contributed by atoms with Gasteiger partial charge in [0.2, 0.25) is 0 Å². The summed E-state index contributed by atoms with van der Waals surface area (Å²) in [6.45, 7) is 0.623. The van der Waals surface area contributed by atoms with Crippen molar-refractivity contribution in [1.29, 1.82) is 0 Å². The highest BCUT2D eigenvalue weighted by Gasteiger charge is 2.15. The largest absolute Gasteiger partial charge is 0.361 e. The summed E-state index contributed by atoms with van der Waals surface area (Å²) in [4.78, 5) is 15.1. The molecule has 1 aromatic heterocycles. The molecule has 1 aliphatic rings. The number of nitrogens with one attached hydrogen (secondary N) is 3. The molecule has 0 radical (unpaired) electrons. The van der Waals surface area contributed by atoms with E-state index in [1.807, 2.05) is 24.4 Å². The van der Waals surface area contributed by atoms with Crippen LogP contribution in [0.3, 0.4) is 0 Å². The quantitative estimate of drug-likeness (QED) is 0.784. The Kier molecular flexibility index (Phi) is 4.88. The van der Waals surface area contributed by atoms with Gasteiger partial charge in [-0.3, -0.25) is 0 Å². The first-order valence-corrected chi connectivity index (χ1v) is 8.40. The lowest BCUT2D eigenvalue weighted by Gasteiger charge is -2.22. The number of hydrogen-bond donors (Lipinski definition) is 3. The smallest absolute Gasteiger partial charge is 0.315 e. The molecule has 1 heterocycles. The van der Waals surface area contributed by atoms with Gasteiger partial charge in [-0.25, -0.2) is 4.79 Å². The molecule has 5 heteroatoms. The lowest BCUT2D eigenvalue weighted by atomic mass is 9.96. The molecule has 0 aliphatic heterocycles. The molecule has 3 rings (SSSR count). The molecule has 0 spiro atoms. The van der Waals surface area contributed by atoms with Crippen LogP contribution in [0.5, 0.6) is 0 Å². The van der Waals surface area contributed by atoms with Gasteiger partial charge in [-0.2, -0.15) is 0 Å². The second-order valence-electron chi connectivity index (χ2n) is 5.99. The average molecular weight is 320 g/mol. The standard InChI is InChI=1S/C17H22ClN3O/c18-13-6-7-16-15(10-13)12(11-20-16)8-9-19-17(22)21-14-4-2-1-3-5-14/h6-7,10-11,14,20H,1-5,8-9H2,(H2,19,21,22). The third-order valence-corrected chi connectivity index (χ3v) is 4.58. The van der Waals surface area contributed by atoms with E-state index in [2.05, 4.69) is 15.6 Å². The van der Waals surface area contributed by atoms with Crippen molar-refractivity contribution >= 4 is 28.5 Å². The maximum atomic E-state index is 11.9. The van der Waals surface area contributed by atoms with Crippen LogP contribution in [0.15, 0.2) is 24.4 Å². The Morgan fingerprint density at radius 1 is 1.27 bits per heavy atom. The first kappa shape index (κ1) is 15.2. The van der Waals surface area contributed by atoms with Crippen LogP contribution in [0, 0.1) is 0 Å². The van der Waals surface area contributed by atoms with Crippen LogP contribution in [-0.2, 0) is 6.42 Å². The van der Waals surface area contributed by atoms with Crippen LogP contribution in [0.2, 0.25) is 5.02 Å². The molecular weight excluding hydrogens is 298 g/mol. The number of fused-ring (bicyclic) bond motifs is 1. The molecule has 1 saturated carbocycles. The number of carbonyl (C=O) groups is 1. The third kappa shape index (κ3) is 3.74. The summed E-state index contributed by atoms with van der Waals surface area (Å²) in [5.74, 6) is 0. The van der Waals surface area contributed by atoms with Crippen LogP contribution in [0.4, 0.5) is 4.79 Å². The maximum Gasteiger partial charge on any atom is 0.315 e. The number of hydrogen-bond acceptors (Lipinski definition) is 1. The monoisotopic (exact) mass is 319 g/mol. The zero-order valence-electron chi connectivity index (χ0n) is 12.6. The molecule has 2 aromatic rings. The van der Waals surface area contributed by atoms with Crippen molar-refractivity contribution in [2.45, 2.75) is 44.6 Å². The molecule has 2 amide bonds. The van der Waals surface area contributed by atoms with E-state index in [4.69, 9.17) is 11.6 Å². The summed E-state index contributed by atoms with van der Waals surface area (Å²) < 4.78 is 0. The minimum atomic E-state index is -0.0511. The molecule has 3 N–H and O–H groups in total. The molecule has 0 bridgehead atoms. The van der Waals surface area contributed by atoms with Crippen LogP contribution in [0.1, 0.15) is 37.7 Å². The Morgan fingerprint density at radius 3 is 2.91 bits per heavy atom. The van der Waals surface area contributed by atoms with E-state index in [1.165, 1.54) is 24.8 Å². The maximum absolute atomic E-state index is 11.9. The fourth-order valence-corrected chi connectivity index (χ4v) is 3.32. The topological polar surface area (TPSA) is 56.9 Å². The van der Waals surface area contributed by atoms with Crippen LogP contribution in [-0.4, -0.2) is 23.6 Å². The highest BCUT2D eigenvalue weighted by atomic mass is 35.5. The zero-order chi connectivity index (χ0) is 15.4. The highest BCUT2D eigenvalue weighted by Crippen LogP contribution is 2.22. The second kappa shape index (κ2) is 7.05. The van der Waals surface area contributed by atoms with E-state index in [0.29, 0.717) is 12.6 Å². The fraction of sp³-hybridized carbons (Fsp3) is 0.471. The van der Waals surface area contributed by atoms with Crippen molar-refractivity contribution in [3.63, 3.8) is 0 Å². The van der Waals surface area contributed by atoms with Gasteiger partial charge in [0, 0.05) is 34.7 Å². The van der Waals surface area contributed by atoms with Gasteiger partial charge in [0.15, 0.2) is 0 Å². The molecule has 1 fully saturated rings. The van der Waals surface area contributed by atoms with Crippen LogP contribution >= 0.6 is 11.6 Å². The molecule has 1 aromatic carbocycles. The Balaban J connectivity index is 1.49. The summed E-state index contributed by atoms with van der Waals surface area (Å²) >= 11 is 6.05. The molecule has 0 atom stereocenters. The summed E-state index contributed by atoms with van der Waals surface area (Å²) in [6, 6.07) is 6.11. The van der Waals surface area contributed by atoms with Crippen molar-refractivity contribution in [3.05, 3.63) is 35.0 Å². The fourth-order valence-electron chi connectivity index (χ4n) is 3.15. The number of benzene rings is 1. The minimum Gasteiger partial charge on any atom is -0.361 e. The van der Waals surface area contributed by atoms with Gasteiger partial charge in [-0.15, -0.1) is 0 Å². The normalized spacial score (nSPS) is 15.9. The molecule has 4 nitrogen and oxygen atoms in total. The summed E-state index contributed by atoms with van der Waals surface area (Å²) in [7, 11) is 0. The van der Waals surface area contributed by atoms with E-state index in [0.717, 1.165) is 35.2 Å². The number of aromatic nitrogens is 1. The number of urea groups is 1. The van der Waals surface area contributed by atoms with E-state index in [-0.39, 0.29) is 6.03 Å². The van der Waals surface area contributed by atoms with E-state index in [1.54, 1.807) is 0 Å². The Hall–Kier alpha value is -1.68. The Bertz CT molecular complexity index is 646. The van der Waals surface area contributed by atoms with Gasteiger partial charge in [-0.05, 0) is 43.0 Å². The number of rotatable bonds is 4. The summed E-state index contributed by atoms with van der Waals surface area (Å²) in [5, 5.41) is 7.88. The number of halogens is 1. The van der Waals surface area contributed by atoms with Gasteiger partial charge in [0.25, 0.3) is 0 Å². The predicted molar refractivity (Wildman–Crippen MR) is 90.4 cm³/mol. The second-order valence-corrected chi connectivity index (χ2v) is 6.43. The van der Waals surface area contributed by atoms with Crippen molar-refractivity contribution in [2.75, 3.05) is 6.54 Å². The van der Waals surface area contributed by atoms with Crippen molar-refractivity contribution in [2.24, 2.45) is 0 Å². The van der Waals surface area contributed by atoms with Gasteiger partial charge in [0.05, 0.1) is 0 Å². The first-order chi connectivity index (χ1) is 10.7. The molecule has 22 heavy (non-hydrogen) atoms. The predicted octanol–water partition coefficient (Wildman–Crippen LogP) is 4.00. The number of carbonyl (C=O) groups excluding carboxylic acids is 1. The van der Waals surface area contributed by atoms with Gasteiger partial charge >= 0.3 is 6.03 Å². The zero-order valence-corrected chi connectivity index (χ0v) is 13.4. The SMILES string of the molecule is O=C(NCCc1c[nH]c2ccc(Cl)cc12)NC1CCCCC1. The number of aromatic amines is 1. The Labute approximate surface area is 135 Å². The van der Waals surface area contributed by atoms with Crippen molar-refractivity contribution < 1.29 is 4.79 Å². The van der Waals surface area contributed by atoms with E-state index in [9.17, 15) is 4.79 Å². The van der Waals surface area contributed by atoms with Gasteiger partial charge in [-0.1, -0.05) is 30.9 Å². The van der Waals surface area contributed by atoms with Gasteiger partial charge < -0.3 is 15.6 Å². The van der Waals surface area contributed by atoms with E-state index < -0.39 is 0 Å². The summed E-state index contributed by atoms with van der Waals surface area (Å²) in [6.07, 6.45) is 8.73. The van der Waals surface area contributed by atoms with Crippen molar-refractivity contribution in [3.8, 4) is 0 Å². The molecule has 0 saturated heterocycles. The lowest BCUT2D eigenvalue weighted by Crippen LogP contribution is -2.43.